The molecule has 1 aliphatic rings. The Labute approximate surface area is 134 Å². The first-order chi connectivity index (χ1) is 10.9. The molecule has 0 aromatic heterocycles. The fraction of sp³-hybridized carbons (Fsp3) is 0.300. The lowest BCUT2D eigenvalue weighted by atomic mass is 9.93. The molecule has 1 nitrogen and oxygen atoms in total. The van der Waals surface area contributed by atoms with Crippen LogP contribution in [0.5, 0.6) is 0 Å². The van der Waals surface area contributed by atoms with E-state index in [1.54, 1.807) is 0 Å². The molecule has 2 atom stereocenters. The number of hydrogen-bond acceptors (Lipinski definition) is 1. The van der Waals surface area contributed by atoms with Crippen molar-refractivity contribution < 1.29 is 4.74 Å². The normalized spacial score (nSPS) is 21.2. The first-order valence-electron chi connectivity index (χ1n) is 7.95. The predicted molar refractivity (Wildman–Crippen MR) is 96.6 cm³/mol. The first-order valence-corrected chi connectivity index (χ1v) is 9.48. The lowest BCUT2D eigenvalue weighted by Gasteiger charge is -2.30. The maximum atomic E-state index is 5.70. The molecule has 0 spiro atoms. The Kier molecular flexibility index (Phi) is 5.43. The molecule has 3 rings (SSSR count). The van der Waals surface area contributed by atoms with Crippen LogP contribution in [0.4, 0.5) is 0 Å². The molecule has 0 saturated carbocycles. The van der Waals surface area contributed by atoms with E-state index in [-0.39, 0.29) is 14.0 Å². The standard InChI is InChI=1S/C20H23OP/c1-21-20-15-9-8-10-17(20)16-22(18-11-4-2-5-12-18)19-13-6-3-7-14-19/h2-7,9,11-15,17,20H,8,10,16H2,1H3/t17-,20+/m1/s1. The van der Waals surface area contributed by atoms with E-state index in [9.17, 15) is 0 Å². The molecule has 2 aromatic carbocycles. The van der Waals surface area contributed by atoms with Gasteiger partial charge in [0.1, 0.15) is 0 Å². The van der Waals surface area contributed by atoms with Gasteiger partial charge in [-0.15, -0.1) is 0 Å². The summed E-state index contributed by atoms with van der Waals surface area (Å²) >= 11 is 0. The van der Waals surface area contributed by atoms with Crippen molar-refractivity contribution in [2.24, 2.45) is 5.92 Å². The highest BCUT2D eigenvalue weighted by molar-refractivity contribution is 7.73. The fourth-order valence-corrected chi connectivity index (χ4v) is 5.78. The van der Waals surface area contributed by atoms with E-state index in [4.69, 9.17) is 4.74 Å². The third-order valence-corrected chi connectivity index (χ3v) is 7.00. The SMILES string of the molecule is CO[C@H]1C=CCC[C@@H]1CP(c1ccccc1)c1ccccc1. The van der Waals surface area contributed by atoms with Gasteiger partial charge in [0, 0.05) is 7.11 Å². The van der Waals surface area contributed by atoms with Crippen LogP contribution in [0.1, 0.15) is 12.8 Å². The summed E-state index contributed by atoms with van der Waals surface area (Å²) in [6.45, 7) is 0. The molecule has 0 heterocycles. The molecule has 0 amide bonds. The average molecular weight is 310 g/mol. The summed E-state index contributed by atoms with van der Waals surface area (Å²) < 4.78 is 5.70. The second kappa shape index (κ2) is 7.72. The van der Waals surface area contributed by atoms with E-state index in [1.807, 2.05) is 7.11 Å². The molecule has 0 N–H and O–H groups in total. The zero-order chi connectivity index (χ0) is 15.2. The van der Waals surface area contributed by atoms with E-state index < -0.39 is 0 Å². The maximum absolute atomic E-state index is 5.70. The molecule has 0 bridgehead atoms. The van der Waals surface area contributed by atoms with Gasteiger partial charge in [-0.05, 0) is 43.5 Å². The van der Waals surface area contributed by atoms with Crippen molar-refractivity contribution in [1.82, 2.24) is 0 Å². The lowest BCUT2D eigenvalue weighted by Crippen LogP contribution is -2.29. The highest BCUT2D eigenvalue weighted by atomic mass is 31.1. The predicted octanol–water partition coefficient (Wildman–Crippen LogP) is 4.10. The van der Waals surface area contributed by atoms with E-state index in [1.165, 1.54) is 29.6 Å². The Morgan fingerprint density at radius 1 is 0.955 bits per heavy atom. The van der Waals surface area contributed by atoms with E-state index in [0.29, 0.717) is 5.92 Å². The van der Waals surface area contributed by atoms with Crippen LogP contribution < -0.4 is 10.6 Å². The molecule has 0 radical (unpaired) electrons. The van der Waals surface area contributed by atoms with E-state index >= 15 is 0 Å². The van der Waals surface area contributed by atoms with E-state index in [2.05, 4.69) is 72.8 Å². The van der Waals surface area contributed by atoms with Crippen LogP contribution in [-0.4, -0.2) is 19.4 Å². The second-order valence-corrected chi connectivity index (χ2v) is 8.00. The fourth-order valence-electron chi connectivity index (χ4n) is 3.14. The van der Waals surface area contributed by atoms with Gasteiger partial charge < -0.3 is 4.74 Å². The molecule has 2 aromatic rings. The van der Waals surface area contributed by atoms with Gasteiger partial charge in [0.15, 0.2) is 0 Å². The van der Waals surface area contributed by atoms with Crippen LogP contribution in [0.2, 0.25) is 0 Å². The minimum atomic E-state index is -0.320. The summed E-state index contributed by atoms with van der Waals surface area (Å²) in [4.78, 5) is 0. The van der Waals surface area contributed by atoms with Gasteiger partial charge in [-0.1, -0.05) is 72.8 Å². The molecule has 114 valence electrons. The van der Waals surface area contributed by atoms with Crippen molar-refractivity contribution in [3.63, 3.8) is 0 Å². The van der Waals surface area contributed by atoms with Gasteiger partial charge in [0.2, 0.25) is 0 Å². The third-order valence-electron chi connectivity index (χ3n) is 4.32. The largest absolute Gasteiger partial charge is 0.377 e. The Bertz CT molecular complexity index is 554. The number of methoxy groups -OCH3 is 1. The highest BCUT2D eigenvalue weighted by Crippen LogP contribution is 2.39. The van der Waals surface area contributed by atoms with Crippen molar-refractivity contribution in [3.8, 4) is 0 Å². The Morgan fingerprint density at radius 2 is 1.55 bits per heavy atom. The molecule has 0 aliphatic heterocycles. The highest BCUT2D eigenvalue weighted by Gasteiger charge is 2.26. The zero-order valence-electron chi connectivity index (χ0n) is 13.1. The van der Waals surface area contributed by atoms with Gasteiger partial charge in [-0.25, -0.2) is 0 Å². The minimum Gasteiger partial charge on any atom is -0.377 e. The van der Waals surface area contributed by atoms with Crippen molar-refractivity contribution >= 4 is 18.5 Å². The van der Waals surface area contributed by atoms with Crippen molar-refractivity contribution in [2.45, 2.75) is 18.9 Å². The summed E-state index contributed by atoms with van der Waals surface area (Å²) in [6, 6.07) is 21.9. The second-order valence-electron chi connectivity index (χ2n) is 5.75. The van der Waals surface area contributed by atoms with Crippen LogP contribution in [0.15, 0.2) is 72.8 Å². The summed E-state index contributed by atoms with van der Waals surface area (Å²) in [7, 11) is 1.51. The Morgan fingerprint density at radius 3 is 2.09 bits per heavy atom. The van der Waals surface area contributed by atoms with Crippen LogP contribution in [0, 0.1) is 5.92 Å². The number of allylic oxidation sites excluding steroid dienone is 1. The van der Waals surface area contributed by atoms with Crippen LogP contribution in [0.3, 0.4) is 0 Å². The smallest absolute Gasteiger partial charge is 0.0783 e. The monoisotopic (exact) mass is 310 g/mol. The third kappa shape index (κ3) is 3.66. The van der Waals surface area contributed by atoms with Crippen molar-refractivity contribution in [1.29, 1.82) is 0 Å². The molecule has 0 fully saturated rings. The van der Waals surface area contributed by atoms with Gasteiger partial charge in [0.25, 0.3) is 0 Å². The van der Waals surface area contributed by atoms with Gasteiger partial charge >= 0.3 is 0 Å². The first kappa shape index (κ1) is 15.5. The lowest BCUT2D eigenvalue weighted by molar-refractivity contribution is 0.0902. The summed E-state index contributed by atoms with van der Waals surface area (Å²) in [5, 5.41) is 2.93. The average Bonchev–Trinajstić information content (AvgIpc) is 2.61. The maximum Gasteiger partial charge on any atom is 0.0783 e. The molecule has 22 heavy (non-hydrogen) atoms. The number of benzene rings is 2. The van der Waals surface area contributed by atoms with Crippen LogP contribution >= 0.6 is 7.92 Å². The zero-order valence-corrected chi connectivity index (χ0v) is 14.0. The Balaban J connectivity index is 1.88. The molecule has 0 unspecified atom stereocenters. The summed E-state index contributed by atoms with van der Waals surface area (Å²) in [5.41, 5.74) is 0. The molecular formula is C20H23OP. The number of ether oxygens (including phenoxy) is 1. The molecule has 2 heteroatoms. The molecular weight excluding hydrogens is 287 g/mol. The molecule has 1 aliphatic carbocycles. The van der Waals surface area contributed by atoms with Crippen molar-refractivity contribution in [2.75, 3.05) is 13.3 Å². The number of hydrogen-bond donors (Lipinski definition) is 0. The van der Waals surface area contributed by atoms with Crippen LogP contribution in [0.25, 0.3) is 0 Å². The number of rotatable bonds is 5. The van der Waals surface area contributed by atoms with E-state index in [0.717, 1.165) is 0 Å². The minimum absolute atomic E-state index is 0.270. The summed E-state index contributed by atoms with van der Waals surface area (Å²) in [6.07, 6.45) is 8.39. The topological polar surface area (TPSA) is 9.23 Å². The van der Waals surface area contributed by atoms with Crippen molar-refractivity contribution in [3.05, 3.63) is 72.8 Å². The van der Waals surface area contributed by atoms with Gasteiger partial charge in [0.05, 0.1) is 6.10 Å². The quantitative estimate of drug-likeness (QED) is 0.597. The van der Waals surface area contributed by atoms with Gasteiger partial charge in [-0.2, -0.15) is 0 Å². The molecule has 0 saturated heterocycles. The van der Waals surface area contributed by atoms with Crippen LogP contribution in [-0.2, 0) is 4.74 Å². The summed E-state index contributed by atoms with van der Waals surface area (Å²) in [5.74, 6) is 0.613. The Hall–Kier alpha value is -1.43. The van der Waals surface area contributed by atoms with Gasteiger partial charge in [-0.3, -0.25) is 0 Å².